The molecule has 0 aromatic heterocycles. The highest BCUT2D eigenvalue weighted by Crippen LogP contribution is 2.65. The topological polar surface area (TPSA) is 89.5 Å². The Morgan fingerprint density at radius 2 is 1.08 bits per heavy atom. The Balaban J connectivity index is 1.42. The number of ketones is 2. The largest absolute Gasteiger partial charge is 0.482 e. The fourth-order valence-corrected chi connectivity index (χ4v) is 9.76. The van der Waals surface area contributed by atoms with Gasteiger partial charge in [-0.2, -0.15) is 0 Å². The van der Waals surface area contributed by atoms with Gasteiger partial charge in [0.05, 0.1) is 26.4 Å². The highest BCUT2D eigenvalue weighted by atomic mass is 16.5. The normalized spacial score (nSPS) is 31.2. The van der Waals surface area contributed by atoms with Gasteiger partial charge in [0.2, 0.25) is 0 Å². The second-order valence-electron chi connectivity index (χ2n) is 16.2. The Labute approximate surface area is 286 Å². The second-order valence-corrected chi connectivity index (χ2v) is 16.2. The van der Waals surface area contributed by atoms with E-state index in [0.29, 0.717) is 37.9 Å². The summed E-state index contributed by atoms with van der Waals surface area (Å²) in [5, 5.41) is 0. The maximum absolute atomic E-state index is 13.8. The molecule has 6 atom stereocenters. The Morgan fingerprint density at radius 3 is 1.46 bits per heavy atom. The molecule has 0 aliphatic heterocycles. The van der Waals surface area contributed by atoms with Crippen molar-refractivity contribution in [1.82, 2.24) is 0 Å². The number of hydrogen-bond acceptors (Lipinski definition) is 8. The lowest BCUT2D eigenvalue weighted by Crippen LogP contribution is -2.42. The van der Waals surface area contributed by atoms with Crippen molar-refractivity contribution in [3.05, 3.63) is 46.5 Å². The number of ether oxygens (including phenoxy) is 6. The van der Waals surface area contributed by atoms with E-state index in [1.807, 2.05) is 0 Å². The lowest BCUT2D eigenvalue weighted by Gasteiger charge is -2.38. The number of Topliss-reactive ketones (excluding diaryl/α,β-unsaturated/α-hetero) is 2. The molecule has 262 valence electrons. The molecule has 8 heteroatoms. The van der Waals surface area contributed by atoms with E-state index >= 15 is 0 Å². The zero-order valence-electron chi connectivity index (χ0n) is 30.5. The first-order valence-corrected chi connectivity index (χ1v) is 17.4. The van der Waals surface area contributed by atoms with E-state index in [-0.39, 0.29) is 45.1 Å². The van der Waals surface area contributed by atoms with Crippen LogP contribution in [-0.4, -0.2) is 52.2 Å². The van der Waals surface area contributed by atoms with Crippen LogP contribution in [0, 0.1) is 33.5 Å². The summed E-state index contributed by atoms with van der Waals surface area (Å²) in [6.45, 7) is 14.4. The predicted octanol–water partition coefficient (Wildman–Crippen LogP) is 7.48. The van der Waals surface area contributed by atoms with Crippen LogP contribution in [0.3, 0.4) is 0 Å². The standard InChI is InChI=1S/C40H54O8/c1-37(2)29-11-14-40(37,6)36(31(29)41)48-33-27(21-45-9)17-24(18-28(33)22-46-10)23-15-25(19-43-7)32(26(16-23)20-44-8)47-34-30-12-13-39(5,35(34)42)38(30,3)4/h15-18,29-30,34,36H,11-14,19-22H2,1-10H3. The zero-order valence-corrected chi connectivity index (χ0v) is 30.5. The second kappa shape index (κ2) is 12.5. The molecule has 0 N–H and O–H groups in total. The van der Waals surface area contributed by atoms with Gasteiger partial charge in [-0.25, -0.2) is 0 Å². The minimum atomic E-state index is -0.526. The molecule has 4 bridgehead atoms. The Hall–Kier alpha value is -2.78. The highest BCUT2D eigenvalue weighted by Gasteiger charge is 2.68. The van der Waals surface area contributed by atoms with E-state index in [1.165, 1.54) is 0 Å². The smallest absolute Gasteiger partial charge is 0.179 e. The number of benzene rings is 2. The molecule has 2 aromatic rings. The van der Waals surface area contributed by atoms with Crippen LogP contribution >= 0.6 is 0 Å². The van der Waals surface area contributed by atoms with Gasteiger partial charge >= 0.3 is 0 Å². The van der Waals surface area contributed by atoms with E-state index in [9.17, 15) is 9.59 Å². The molecule has 6 rings (SSSR count). The van der Waals surface area contributed by atoms with Gasteiger partial charge < -0.3 is 28.4 Å². The van der Waals surface area contributed by atoms with Crippen LogP contribution < -0.4 is 9.47 Å². The molecule has 8 nitrogen and oxygen atoms in total. The van der Waals surface area contributed by atoms with E-state index in [4.69, 9.17) is 28.4 Å². The minimum absolute atomic E-state index is 0.00584. The quantitative estimate of drug-likeness (QED) is 0.218. The molecule has 0 radical (unpaired) electrons. The predicted molar refractivity (Wildman–Crippen MR) is 183 cm³/mol. The number of carbonyl (C=O) groups excluding carboxylic acids is 2. The van der Waals surface area contributed by atoms with Gasteiger partial charge in [-0.3, -0.25) is 9.59 Å². The third-order valence-corrected chi connectivity index (χ3v) is 13.4. The van der Waals surface area contributed by atoms with Crippen molar-refractivity contribution < 1.29 is 38.0 Å². The average Bonchev–Trinajstić information content (AvgIpc) is 3.52. The summed E-state index contributed by atoms with van der Waals surface area (Å²) in [4.78, 5) is 27.4. The number of methoxy groups -OCH3 is 4. The van der Waals surface area contributed by atoms with Gasteiger partial charge in [-0.1, -0.05) is 41.5 Å². The van der Waals surface area contributed by atoms with E-state index in [0.717, 1.165) is 59.1 Å². The molecular weight excluding hydrogens is 608 g/mol. The first-order valence-electron chi connectivity index (χ1n) is 17.4. The van der Waals surface area contributed by atoms with Gasteiger partial charge in [0, 0.05) is 73.4 Å². The van der Waals surface area contributed by atoms with Crippen molar-refractivity contribution >= 4 is 11.6 Å². The van der Waals surface area contributed by atoms with Gasteiger partial charge in [-0.15, -0.1) is 0 Å². The van der Waals surface area contributed by atoms with Gasteiger partial charge in [0.1, 0.15) is 11.5 Å². The van der Waals surface area contributed by atoms with Gasteiger partial charge in [-0.05, 0) is 71.9 Å². The van der Waals surface area contributed by atoms with Crippen molar-refractivity contribution in [2.24, 2.45) is 33.5 Å². The van der Waals surface area contributed by atoms with E-state index in [1.54, 1.807) is 28.4 Å². The Kier molecular flexibility index (Phi) is 9.15. The molecule has 48 heavy (non-hydrogen) atoms. The van der Waals surface area contributed by atoms with Crippen molar-refractivity contribution in [3.63, 3.8) is 0 Å². The zero-order chi connectivity index (χ0) is 34.8. The van der Waals surface area contributed by atoms with Crippen molar-refractivity contribution in [3.8, 4) is 22.6 Å². The van der Waals surface area contributed by atoms with Crippen LogP contribution in [0.1, 0.15) is 89.5 Å². The SMILES string of the molecule is COCc1cc(-c2cc(COC)c(OC3C(=O)C4CCC3(C)C4(C)C)c(COC)c2)cc(COC)c1OC1C(=O)C2(C)CCC1C2(C)C. The summed E-state index contributed by atoms with van der Waals surface area (Å²) in [5.74, 6) is 1.86. The summed E-state index contributed by atoms with van der Waals surface area (Å²) in [5.41, 5.74) is 4.38. The van der Waals surface area contributed by atoms with Crippen molar-refractivity contribution in [2.45, 2.75) is 106 Å². The number of fused-ring (bicyclic) bond motifs is 4. The van der Waals surface area contributed by atoms with Gasteiger partial charge in [0.25, 0.3) is 0 Å². The maximum atomic E-state index is 13.8. The summed E-state index contributed by atoms with van der Waals surface area (Å²) >= 11 is 0. The molecule has 4 aliphatic carbocycles. The van der Waals surface area contributed by atoms with E-state index in [2.05, 4.69) is 65.8 Å². The molecule has 4 fully saturated rings. The summed E-state index contributed by atoms with van der Waals surface area (Å²) in [6, 6.07) is 8.31. The fraction of sp³-hybridized carbons (Fsp3) is 0.650. The summed E-state index contributed by atoms with van der Waals surface area (Å²) in [7, 11) is 6.66. The van der Waals surface area contributed by atoms with Crippen LogP contribution in [-0.2, 0) is 55.0 Å². The summed E-state index contributed by atoms with van der Waals surface area (Å²) < 4.78 is 36.3. The average molecular weight is 663 g/mol. The fourth-order valence-electron chi connectivity index (χ4n) is 9.76. The molecule has 0 spiro atoms. The molecular formula is C40H54O8. The first-order chi connectivity index (χ1) is 22.7. The molecule has 0 heterocycles. The lowest BCUT2D eigenvalue weighted by molar-refractivity contribution is -0.134. The molecule has 2 aromatic carbocycles. The van der Waals surface area contributed by atoms with Crippen LogP contribution in [0.2, 0.25) is 0 Å². The molecule has 0 amide bonds. The van der Waals surface area contributed by atoms with Crippen molar-refractivity contribution in [1.29, 1.82) is 0 Å². The molecule has 4 aliphatic rings. The van der Waals surface area contributed by atoms with Gasteiger partial charge in [0.15, 0.2) is 23.8 Å². The molecule has 4 saturated carbocycles. The Morgan fingerprint density at radius 1 is 0.625 bits per heavy atom. The first kappa shape index (κ1) is 35.1. The monoisotopic (exact) mass is 662 g/mol. The van der Waals surface area contributed by atoms with Crippen LogP contribution in [0.15, 0.2) is 24.3 Å². The maximum Gasteiger partial charge on any atom is 0.179 e. The van der Waals surface area contributed by atoms with Crippen molar-refractivity contribution in [2.75, 3.05) is 28.4 Å². The summed E-state index contributed by atoms with van der Waals surface area (Å²) in [6.07, 6.45) is 2.72. The third-order valence-electron chi connectivity index (χ3n) is 13.4. The number of hydrogen-bond donors (Lipinski definition) is 0. The van der Waals surface area contributed by atoms with Crippen LogP contribution in [0.5, 0.6) is 11.5 Å². The molecule has 0 saturated heterocycles. The minimum Gasteiger partial charge on any atom is -0.482 e. The molecule has 6 unspecified atom stereocenters. The Bertz CT molecular complexity index is 1540. The number of carbonyl (C=O) groups is 2. The highest BCUT2D eigenvalue weighted by molar-refractivity contribution is 5.94. The third kappa shape index (κ3) is 5.07. The van der Waals surface area contributed by atoms with E-state index < -0.39 is 12.2 Å². The van der Waals surface area contributed by atoms with Crippen LogP contribution in [0.25, 0.3) is 11.1 Å². The van der Waals surface area contributed by atoms with Crippen LogP contribution in [0.4, 0.5) is 0 Å². The number of rotatable bonds is 13. The lowest BCUT2D eigenvalue weighted by atomic mass is 9.70.